The van der Waals surface area contributed by atoms with E-state index in [1.54, 1.807) is 44.2 Å². The van der Waals surface area contributed by atoms with Crippen molar-refractivity contribution in [1.82, 2.24) is 9.97 Å². The number of hydrogen-bond donors (Lipinski definition) is 3. The molecule has 0 saturated carbocycles. The Kier molecular flexibility index (Phi) is 9.35. The van der Waals surface area contributed by atoms with Gasteiger partial charge in [-0.05, 0) is 55.3 Å². The van der Waals surface area contributed by atoms with Crippen LogP contribution in [0.1, 0.15) is 25.0 Å². The first-order valence-corrected chi connectivity index (χ1v) is 16.6. The molecule has 0 spiro atoms. The minimum Gasteiger partial charge on any atom is -0.324 e. The Balaban J connectivity index is 1.62. The zero-order chi connectivity index (χ0) is 32.1. The van der Waals surface area contributed by atoms with Crippen molar-refractivity contribution < 1.29 is 21.8 Å². The minimum atomic E-state index is -3.34. The predicted molar refractivity (Wildman–Crippen MR) is 169 cm³/mol. The van der Waals surface area contributed by atoms with Crippen LogP contribution >= 0.6 is 0 Å². The first-order valence-electron chi connectivity index (χ1n) is 12.8. The zero-order valence-corrected chi connectivity index (χ0v) is 25.6. The van der Waals surface area contributed by atoms with Gasteiger partial charge >= 0.3 is 0 Å². The quantitative estimate of drug-likeness (QED) is 0.118. The van der Waals surface area contributed by atoms with E-state index in [2.05, 4.69) is 36.3 Å². The van der Waals surface area contributed by atoms with Crippen molar-refractivity contribution in [3.05, 3.63) is 100 Å². The molecule has 0 atom stereocenters. The summed E-state index contributed by atoms with van der Waals surface area (Å²) in [4.78, 5) is 19.9. The largest absolute Gasteiger partial charge is 0.324 e. The van der Waals surface area contributed by atoms with Gasteiger partial charge in [-0.25, -0.2) is 16.8 Å². The maximum atomic E-state index is 11.8. The Labute approximate surface area is 254 Å². The van der Waals surface area contributed by atoms with Crippen molar-refractivity contribution in [2.24, 2.45) is 10.2 Å². The number of benzene rings is 3. The predicted octanol–water partition coefficient (Wildman–Crippen LogP) is 4.61. The highest BCUT2D eigenvalue weighted by atomic mass is 32.2. The van der Waals surface area contributed by atoms with Gasteiger partial charge in [-0.15, -0.1) is 0 Å². The molecule has 0 saturated heterocycles. The average molecular weight is 637 g/mol. The summed E-state index contributed by atoms with van der Waals surface area (Å²) in [6, 6.07) is 19.9. The third-order valence-electron chi connectivity index (χ3n) is 6.12. The Bertz CT molecular complexity index is 1870. The third-order valence-corrected chi connectivity index (χ3v) is 8.37. The lowest BCUT2D eigenvalue weighted by Crippen LogP contribution is -2.07. The van der Waals surface area contributed by atoms with Gasteiger partial charge < -0.3 is 5.32 Å². The number of sulfone groups is 2. The SMILES string of the molecule is CC(=NNc1cc(NN=C(C)c2ccc(S(C)(=O)=O)cc2)nc(Nc2cccc([N+](=O)[O-])c2)n1)c1ccc(S(C)(=O)=O)cc1. The topological polar surface area (TPSA) is 198 Å². The van der Waals surface area contributed by atoms with Crippen LogP contribution in [-0.2, 0) is 19.7 Å². The van der Waals surface area contributed by atoms with E-state index in [0.717, 1.165) is 12.5 Å². The summed E-state index contributed by atoms with van der Waals surface area (Å²) in [5, 5.41) is 22.9. The van der Waals surface area contributed by atoms with Gasteiger partial charge in [0.2, 0.25) is 5.95 Å². The molecular weight excluding hydrogens is 608 g/mol. The summed E-state index contributed by atoms with van der Waals surface area (Å²) >= 11 is 0. The minimum absolute atomic E-state index is 0.0775. The van der Waals surface area contributed by atoms with Crippen molar-refractivity contribution in [2.75, 3.05) is 28.7 Å². The van der Waals surface area contributed by atoms with Crippen LogP contribution in [0.5, 0.6) is 0 Å². The van der Waals surface area contributed by atoms with Crippen molar-refractivity contribution in [3.63, 3.8) is 0 Å². The molecule has 0 bridgehead atoms. The van der Waals surface area contributed by atoms with Crippen LogP contribution in [0.15, 0.2) is 98.9 Å². The van der Waals surface area contributed by atoms with Gasteiger partial charge in [-0.1, -0.05) is 30.3 Å². The van der Waals surface area contributed by atoms with Gasteiger partial charge in [0.15, 0.2) is 31.3 Å². The Hall–Kier alpha value is -5.22. The van der Waals surface area contributed by atoms with Crippen LogP contribution in [0.25, 0.3) is 0 Å². The summed E-state index contributed by atoms with van der Waals surface area (Å²) in [6.07, 6.45) is 2.26. The molecule has 0 fully saturated rings. The van der Waals surface area contributed by atoms with E-state index in [0.29, 0.717) is 28.2 Å². The van der Waals surface area contributed by atoms with Crippen molar-refractivity contribution in [2.45, 2.75) is 23.6 Å². The summed E-state index contributed by atoms with van der Waals surface area (Å²) in [5.74, 6) is 0.564. The van der Waals surface area contributed by atoms with Crippen LogP contribution in [0, 0.1) is 10.1 Å². The average Bonchev–Trinajstić information content (AvgIpc) is 2.98. The summed E-state index contributed by atoms with van der Waals surface area (Å²) in [6.45, 7) is 3.46. The number of hydrazone groups is 2. The first-order chi connectivity index (χ1) is 20.7. The number of anilines is 4. The summed E-state index contributed by atoms with van der Waals surface area (Å²) in [5.41, 5.74) is 8.38. The molecular formula is C28H28N8O6S2. The van der Waals surface area contributed by atoms with E-state index in [4.69, 9.17) is 0 Å². The lowest BCUT2D eigenvalue weighted by atomic mass is 10.1. The fourth-order valence-corrected chi connectivity index (χ4v) is 5.00. The fourth-order valence-electron chi connectivity index (χ4n) is 3.74. The molecule has 14 nitrogen and oxygen atoms in total. The van der Waals surface area contributed by atoms with E-state index in [1.807, 2.05) is 0 Å². The normalized spacial score (nSPS) is 12.5. The summed E-state index contributed by atoms with van der Waals surface area (Å²) < 4.78 is 47.1. The molecule has 1 aromatic heterocycles. The van der Waals surface area contributed by atoms with E-state index in [-0.39, 0.29) is 33.1 Å². The van der Waals surface area contributed by atoms with E-state index in [1.165, 1.54) is 48.5 Å². The lowest BCUT2D eigenvalue weighted by molar-refractivity contribution is -0.384. The molecule has 228 valence electrons. The Morgan fingerprint density at radius 1 is 0.727 bits per heavy atom. The second-order valence-electron chi connectivity index (χ2n) is 9.61. The molecule has 3 aromatic carbocycles. The molecule has 3 N–H and O–H groups in total. The number of hydrogen-bond acceptors (Lipinski definition) is 13. The van der Waals surface area contributed by atoms with Crippen LogP contribution in [-0.4, -0.2) is 55.7 Å². The van der Waals surface area contributed by atoms with Gasteiger partial charge in [0, 0.05) is 36.4 Å². The highest BCUT2D eigenvalue weighted by Crippen LogP contribution is 2.22. The smallest absolute Gasteiger partial charge is 0.271 e. The Morgan fingerprint density at radius 2 is 1.18 bits per heavy atom. The van der Waals surface area contributed by atoms with Gasteiger partial charge in [0.1, 0.15) is 0 Å². The number of nitrogens with zero attached hydrogens (tertiary/aromatic N) is 5. The number of nitro benzene ring substituents is 1. The van der Waals surface area contributed by atoms with E-state index < -0.39 is 24.6 Å². The molecule has 4 rings (SSSR count). The second-order valence-corrected chi connectivity index (χ2v) is 13.6. The van der Waals surface area contributed by atoms with Gasteiger partial charge in [-0.3, -0.25) is 21.0 Å². The van der Waals surface area contributed by atoms with Gasteiger partial charge in [0.05, 0.1) is 26.1 Å². The van der Waals surface area contributed by atoms with Crippen molar-refractivity contribution >= 4 is 60.1 Å². The van der Waals surface area contributed by atoms with E-state index >= 15 is 0 Å². The molecule has 0 aliphatic carbocycles. The number of rotatable bonds is 11. The zero-order valence-electron chi connectivity index (χ0n) is 24.0. The fraction of sp³-hybridized carbons (Fsp3) is 0.143. The van der Waals surface area contributed by atoms with Crippen LogP contribution in [0.4, 0.5) is 29.0 Å². The van der Waals surface area contributed by atoms with Crippen molar-refractivity contribution in [1.29, 1.82) is 0 Å². The monoisotopic (exact) mass is 636 g/mol. The van der Waals surface area contributed by atoms with Crippen LogP contribution < -0.4 is 16.2 Å². The maximum Gasteiger partial charge on any atom is 0.271 e. The molecule has 0 unspecified atom stereocenters. The van der Waals surface area contributed by atoms with Crippen molar-refractivity contribution in [3.8, 4) is 0 Å². The van der Waals surface area contributed by atoms with E-state index in [9.17, 15) is 26.9 Å². The molecule has 16 heteroatoms. The third kappa shape index (κ3) is 8.42. The summed E-state index contributed by atoms with van der Waals surface area (Å²) in [7, 11) is -6.68. The molecule has 0 radical (unpaired) electrons. The molecule has 4 aromatic rings. The second kappa shape index (κ2) is 13.0. The number of non-ortho nitro benzene ring substituents is 1. The molecule has 44 heavy (non-hydrogen) atoms. The molecule has 1 heterocycles. The maximum absolute atomic E-state index is 11.8. The molecule has 0 amide bonds. The number of aromatic nitrogens is 2. The van der Waals surface area contributed by atoms with Gasteiger partial charge in [-0.2, -0.15) is 20.2 Å². The van der Waals surface area contributed by atoms with Crippen LogP contribution in [0.3, 0.4) is 0 Å². The van der Waals surface area contributed by atoms with Crippen LogP contribution in [0.2, 0.25) is 0 Å². The number of nitrogens with one attached hydrogen (secondary N) is 3. The standard InChI is InChI=1S/C28H28N8O6S2/c1-18(20-8-12-24(13-9-20)43(3,39)40)32-34-26-17-27(31-28(30-26)29-22-6-5-7-23(16-22)36(37)38)35-33-19(2)21-10-14-25(15-11-21)44(4,41)42/h5-17H,1-4H3,(H3,29,30,31,34,35). The molecule has 0 aliphatic rings. The lowest BCUT2D eigenvalue weighted by Gasteiger charge is -2.10. The van der Waals surface area contributed by atoms with Gasteiger partial charge in [0.25, 0.3) is 5.69 Å². The first kappa shape index (κ1) is 31.7. The highest BCUT2D eigenvalue weighted by molar-refractivity contribution is 7.91. The Morgan fingerprint density at radius 3 is 1.59 bits per heavy atom. The highest BCUT2D eigenvalue weighted by Gasteiger charge is 2.11. The number of nitro groups is 1. The molecule has 0 aliphatic heterocycles.